The minimum absolute atomic E-state index is 0.302. The van der Waals surface area contributed by atoms with Gasteiger partial charge in [-0.05, 0) is 137 Å². The van der Waals surface area contributed by atoms with Crippen LogP contribution in [0.25, 0.3) is 0 Å². The summed E-state index contributed by atoms with van der Waals surface area (Å²) in [5.41, 5.74) is 0. The number of rotatable bonds is 28. The lowest BCUT2D eigenvalue weighted by Crippen LogP contribution is -2.32. The number of nitriles is 2. The Bertz CT molecular complexity index is 916. The largest absolute Gasteiger partial charge is 0.381 e. The van der Waals surface area contributed by atoms with Gasteiger partial charge in [-0.1, -0.05) is 155 Å². The van der Waals surface area contributed by atoms with Crippen LogP contribution >= 0.6 is 0 Å². The van der Waals surface area contributed by atoms with Crippen molar-refractivity contribution in [1.29, 1.82) is 10.5 Å². The monoisotopic (exact) mass is 761 g/mol. The summed E-state index contributed by atoms with van der Waals surface area (Å²) >= 11 is 0. The molecular formula is C52H92N2O. The lowest BCUT2D eigenvalue weighted by Gasteiger charge is -2.41. The third-order valence-corrected chi connectivity index (χ3v) is 16.2. The van der Waals surface area contributed by atoms with Crippen LogP contribution in [0.2, 0.25) is 0 Å². The van der Waals surface area contributed by atoms with Gasteiger partial charge in [-0.2, -0.15) is 10.5 Å². The molecule has 2 unspecified atom stereocenters. The zero-order valence-electron chi connectivity index (χ0n) is 36.9. The average Bonchev–Trinajstić information content (AvgIpc) is 3.23. The molecular weight excluding hydrogens is 669 g/mol. The summed E-state index contributed by atoms with van der Waals surface area (Å²) in [6.07, 6.45) is 49.6. The molecule has 4 aliphatic carbocycles. The van der Waals surface area contributed by atoms with E-state index < -0.39 is 0 Å². The summed E-state index contributed by atoms with van der Waals surface area (Å²) in [6, 6.07) is 5.20. The highest BCUT2D eigenvalue weighted by Crippen LogP contribution is 2.46. The van der Waals surface area contributed by atoms with Crippen LogP contribution in [0.1, 0.15) is 245 Å². The van der Waals surface area contributed by atoms with E-state index in [1.54, 1.807) is 0 Å². The van der Waals surface area contributed by atoms with Crippen molar-refractivity contribution in [1.82, 2.24) is 0 Å². The molecule has 0 aromatic carbocycles. The molecule has 3 nitrogen and oxygen atoms in total. The molecule has 0 aromatic rings. The lowest BCUT2D eigenvalue weighted by molar-refractivity contribution is 0.0396. The quantitative estimate of drug-likeness (QED) is 0.0746. The second-order valence-electron chi connectivity index (χ2n) is 20.1. The van der Waals surface area contributed by atoms with Gasteiger partial charge in [-0.3, -0.25) is 0 Å². The number of hydrogen-bond donors (Lipinski definition) is 0. The molecule has 0 radical (unpaired) electrons. The molecule has 0 saturated heterocycles. The Labute approximate surface area is 343 Å². The van der Waals surface area contributed by atoms with Crippen LogP contribution in [-0.2, 0) is 4.74 Å². The van der Waals surface area contributed by atoms with E-state index in [0.29, 0.717) is 11.8 Å². The maximum absolute atomic E-state index is 9.61. The van der Waals surface area contributed by atoms with Crippen LogP contribution < -0.4 is 0 Å². The van der Waals surface area contributed by atoms with Gasteiger partial charge in [0.1, 0.15) is 0 Å². The molecule has 2 atom stereocenters. The molecule has 0 aromatic heterocycles. The van der Waals surface area contributed by atoms with Gasteiger partial charge in [-0.15, -0.1) is 0 Å². The third kappa shape index (κ3) is 18.2. The van der Waals surface area contributed by atoms with Gasteiger partial charge in [0.2, 0.25) is 0 Å². The molecule has 4 saturated carbocycles. The maximum Gasteiger partial charge on any atom is 0.0655 e. The average molecular weight is 761 g/mol. The molecule has 0 N–H and O–H groups in total. The summed E-state index contributed by atoms with van der Waals surface area (Å²) in [4.78, 5) is 0. The summed E-state index contributed by atoms with van der Waals surface area (Å²) in [6.45, 7) is 6.52. The molecule has 4 fully saturated rings. The Morgan fingerprint density at radius 2 is 0.691 bits per heavy atom. The SMILES string of the molecule is CCCCCCCCCC[C@H]1CC[C@H](C(CCOCCC([C@H]2CC[C@H](C#N)CC2)[C@H]2CC[C@H](CCCCCCCCCC)CC2)[C@H]2CC[C@H](C#N)CC2)CC1. The summed E-state index contributed by atoms with van der Waals surface area (Å²) in [5.74, 6) is 7.54. The van der Waals surface area contributed by atoms with E-state index >= 15 is 0 Å². The fraction of sp³-hybridized carbons (Fsp3) is 0.962. The van der Waals surface area contributed by atoms with Gasteiger partial charge in [0.15, 0.2) is 0 Å². The van der Waals surface area contributed by atoms with E-state index in [9.17, 15) is 10.5 Å². The van der Waals surface area contributed by atoms with Crippen molar-refractivity contribution in [2.45, 2.75) is 245 Å². The van der Waals surface area contributed by atoms with Crippen molar-refractivity contribution in [3.05, 3.63) is 0 Å². The molecule has 4 aliphatic rings. The Morgan fingerprint density at radius 1 is 0.400 bits per heavy atom. The first kappa shape index (κ1) is 46.6. The highest BCUT2D eigenvalue weighted by molar-refractivity contribution is 4.92. The van der Waals surface area contributed by atoms with Gasteiger partial charge < -0.3 is 4.74 Å². The standard InChI is InChI=1S/C52H92N2O/c1-3-5-7-9-11-13-15-17-19-43-21-29-47(30-22-43)51(49-33-25-45(41-53)26-34-49)37-39-55-40-38-52(50-35-27-46(42-54)28-36-50)48-31-23-44(24-32-48)20-18-16-14-12-10-8-6-4-2/h43-52H,3-40H2,1-2H3/t43-,44-,45-,46-,47-,48-,49-,50-,51?,52?. The first-order valence-electron chi connectivity index (χ1n) is 25.5. The second-order valence-corrected chi connectivity index (χ2v) is 20.1. The second kappa shape index (κ2) is 29.2. The fourth-order valence-electron chi connectivity index (χ4n) is 12.6. The molecule has 0 heterocycles. The van der Waals surface area contributed by atoms with Gasteiger partial charge in [0.25, 0.3) is 0 Å². The Morgan fingerprint density at radius 3 is 1.00 bits per heavy atom. The highest BCUT2D eigenvalue weighted by Gasteiger charge is 2.36. The van der Waals surface area contributed by atoms with E-state index in [2.05, 4.69) is 26.0 Å². The van der Waals surface area contributed by atoms with E-state index in [1.807, 2.05) is 0 Å². The van der Waals surface area contributed by atoms with E-state index in [4.69, 9.17) is 4.74 Å². The predicted octanol–water partition coefficient (Wildman–Crippen LogP) is 16.3. The molecule has 0 aliphatic heterocycles. The van der Waals surface area contributed by atoms with Crippen molar-refractivity contribution >= 4 is 0 Å². The molecule has 0 amide bonds. The third-order valence-electron chi connectivity index (χ3n) is 16.2. The Kier molecular flexibility index (Phi) is 24.8. The Hall–Kier alpha value is -1.06. The normalized spacial score (nSPS) is 30.0. The molecule has 55 heavy (non-hydrogen) atoms. The zero-order chi connectivity index (χ0) is 38.8. The van der Waals surface area contributed by atoms with Crippen molar-refractivity contribution in [3.8, 4) is 12.1 Å². The molecule has 3 heteroatoms. The summed E-state index contributed by atoms with van der Waals surface area (Å²) in [7, 11) is 0. The molecule has 4 rings (SSSR count). The van der Waals surface area contributed by atoms with Crippen LogP contribution in [0, 0.1) is 81.8 Å². The smallest absolute Gasteiger partial charge is 0.0655 e. The van der Waals surface area contributed by atoms with Crippen molar-refractivity contribution in [2.75, 3.05) is 13.2 Å². The van der Waals surface area contributed by atoms with Gasteiger partial charge >= 0.3 is 0 Å². The minimum Gasteiger partial charge on any atom is -0.381 e. The summed E-state index contributed by atoms with van der Waals surface area (Å²) < 4.78 is 6.69. The van der Waals surface area contributed by atoms with Gasteiger partial charge in [0, 0.05) is 25.0 Å². The summed E-state index contributed by atoms with van der Waals surface area (Å²) in [5, 5.41) is 19.2. The number of unbranched alkanes of at least 4 members (excludes halogenated alkanes) is 14. The van der Waals surface area contributed by atoms with Crippen LogP contribution in [0.15, 0.2) is 0 Å². The van der Waals surface area contributed by atoms with Crippen LogP contribution in [0.4, 0.5) is 0 Å². The highest BCUT2D eigenvalue weighted by atomic mass is 16.5. The first-order valence-corrected chi connectivity index (χ1v) is 25.5. The predicted molar refractivity (Wildman–Crippen MR) is 235 cm³/mol. The molecule has 0 bridgehead atoms. The van der Waals surface area contributed by atoms with Crippen molar-refractivity contribution in [3.63, 3.8) is 0 Å². The van der Waals surface area contributed by atoms with Crippen LogP contribution in [-0.4, -0.2) is 13.2 Å². The minimum atomic E-state index is 0.302. The number of nitrogens with zero attached hydrogens (tertiary/aromatic N) is 2. The maximum atomic E-state index is 9.61. The van der Waals surface area contributed by atoms with Gasteiger partial charge in [-0.25, -0.2) is 0 Å². The van der Waals surface area contributed by atoms with Crippen LogP contribution in [0.3, 0.4) is 0 Å². The van der Waals surface area contributed by atoms with E-state index in [0.717, 1.165) is 86.2 Å². The zero-order valence-corrected chi connectivity index (χ0v) is 36.9. The van der Waals surface area contributed by atoms with E-state index in [1.165, 1.54) is 205 Å². The topological polar surface area (TPSA) is 56.8 Å². The first-order chi connectivity index (χ1) is 27.1. The van der Waals surface area contributed by atoms with Crippen molar-refractivity contribution < 1.29 is 4.74 Å². The molecule has 316 valence electrons. The Balaban J connectivity index is 1.19. The fourth-order valence-corrected chi connectivity index (χ4v) is 12.6. The number of hydrogen-bond acceptors (Lipinski definition) is 3. The molecule has 0 spiro atoms. The van der Waals surface area contributed by atoms with Crippen LogP contribution in [0.5, 0.6) is 0 Å². The van der Waals surface area contributed by atoms with E-state index in [-0.39, 0.29) is 0 Å². The van der Waals surface area contributed by atoms with Crippen molar-refractivity contribution in [2.24, 2.45) is 59.2 Å². The lowest BCUT2D eigenvalue weighted by atomic mass is 9.65. The number of ether oxygens (including phenoxy) is 1. The van der Waals surface area contributed by atoms with Gasteiger partial charge in [0.05, 0.1) is 12.1 Å².